The van der Waals surface area contributed by atoms with Gasteiger partial charge in [-0.15, -0.1) is 0 Å². The average molecular weight is 345 g/mol. The highest BCUT2D eigenvalue weighted by atomic mass is 16.5. The number of nitrogens with one attached hydrogen (secondary N) is 1. The second kappa shape index (κ2) is 6.75. The SMILES string of the molecule is CC(C)(C)c1n[nH]c(C2CN(C(=O)C3(C#N)CCCCC3)CCO2)n1. The van der Waals surface area contributed by atoms with E-state index >= 15 is 0 Å². The number of ether oxygens (including phenoxy) is 1. The van der Waals surface area contributed by atoms with Crippen LogP contribution < -0.4 is 0 Å². The number of morpholine rings is 1. The second-order valence-electron chi connectivity index (χ2n) is 8.16. The Hall–Kier alpha value is -1.94. The lowest BCUT2D eigenvalue weighted by molar-refractivity contribution is -0.148. The van der Waals surface area contributed by atoms with Crippen molar-refractivity contribution in [2.75, 3.05) is 19.7 Å². The van der Waals surface area contributed by atoms with E-state index in [2.05, 4.69) is 42.0 Å². The molecule has 0 spiro atoms. The molecule has 2 aliphatic rings. The van der Waals surface area contributed by atoms with E-state index < -0.39 is 5.41 Å². The molecule has 0 bridgehead atoms. The molecule has 1 amide bonds. The molecular weight excluding hydrogens is 318 g/mol. The van der Waals surface area contributed by atoms with Crippen LogP contribution in [0.5, 0.6) is 0 Å². The van der Waals surface area contributed by atoms with Gasteiger partial charge < -0.3 is 9.64 Å². The first kappa shape index (κ1) is 17.9. The van der Waals surface area contributed by atoms with Gasteiger partial charge in [-0.3, -0.25) is 9.89 Å². The summed E-state index contributed by atoms with van der Waals surface area (Å²) in [7, 11) is 0. The Balaban J connectivity index is 1.74. The van der Waals surface area contributed by atoms with Crippen molar-refractivity contribution in [2.45, 2.75) is 64.4 Å². The number of hydrogen-bond donors (Lipinski definition) is 1. The molecule has 1 unspecified atom stereocenters. The summed E-state index contributed by atoms with van der Waals surface area (Å²) >= 11 is 0. The minimum absolute atomic E-state index is 0.0430. The Morgan fingerprint density at radius 2 is 2.08 bits per heavy atom. The van der Waals surface area contributed by atoms with Gasteiger partial charge in [0.05, 0.1) is 19.2 Å². The molecule has 25 heavy (non-hydrogen) atoms. The third-order valence-electron chi connectivity index (χ3n) is 5.16. The largest absolute Gasteiger partial charge is 0.367 e. The molecule has 0 radical (unpaired) electrons. The Labute approximate surface area is 148 Å². The highest BCUT2D eigenvalue weighted by Crippen LogP contribution is 2.38. The van der Waals surface area contributed by atoms with Gasteiger partial charge in [-0.25, -0.2) is 4.98 Å². The Bertz CT molecular complexity index is 664. The minimum Gasteiger partial charge on any atom is -0.367 e. The van der Waals surface area contributed by atoms with Gasteiger partial charge in [-0.2, -0.15) is 10.4 Å². The summed E-state index contributed by atoms with van der Waals surface area (Å²) in [5.74, 6) is 1.34. The summed E-state index contributed by atoms with van der Waals surface area (Å²) in [6, 6.07) is 2.33. The lowest BCUT2D eigenvalue weighted by Crippen LogP contribution is -2.49. The number of aromatic amines is 1. The van der Waals surface area contributed by atoms with Crippen LogP contribution >= 0.6 is 0 Å². The molecule has 1 aromatic rings. The van der Waals surface area contributed by atoms with Crippen LogP contribution in [0.3, 0.4) is 0 Å². The van der Waals surface area contributed by atoms with Gasteiger partial charge in [0.2, 0.25) is 5.91 Å². The second-order valence-corrected chi connectivity index (χ2v) is 8.16. The fourth-order valence-corrected chi connectivity index (χ4v) is 3.58. The van der Waals surface area contributed by atoms with Gasteiger partial charge in [0, 0.05) is 12.0 Å². The fourth-order valence-electron chi connectivity index (χ4n) is 3.58. The van der Waals surface area contributed by atoms with Crippen molar-refractivity contribution < 1.29 is 9.53 Å². The zero-order chi connectivity index (χ0) is 18.1. The number of carbonyl (C=O) groups excluding carboxylic acids is 1. The third kappa shape index (κ3) is 3.54. The summed E-state index contributed by atoms with van der Waals surface area (Å²) in [6.45, 7) is 7.55. The summed E-state index contributed by atoms with van der Waals surface area (Å²) in [6.07, 6.45) is 4.02. The topological polar surface area (TPSA) is 94.9 Å². The number of H-pyrrole nitrogens is 1. The Morgan fingerprint density at radius 3 is 2.68 bits per heavy atom. The maximum absolute atomic E-state index is 13.0. The number of nitriles is 1. The molecule has 2 fully saturated rings. The molecule has 1 aliphatic carbocycles. The number of aromatic nitrogens is 3. The predicted octanol–water partition coefficient (Wildman–Crippen LogP) is 2.48. The molecule has 1 aliphatic heterocycles. The smallest absolute Gasteiger partial charge is 0.243 e. The number of hydrogen-bond acceptors (Lipinski definition) is 5. The highest BCUT2D eigenvalue weighted by Gasteiger charge is 2.44. The maximum atomic E-state index is 13.0. The van der Waals surface area contributed by atoms with Crippen molar-refractivity contribution in [3.63, 3.8) is 0 Å². The molecule has 1 atom stereocenters. The summed E-state index contributed by atoms with van der Waals surface area (Å²) in [5.41, 5.74) is -0.996. The van der Waals surface area contributed by atoms with E-state index in [9.17, 15) is 10.1 Å². The summed E-state index contributed by atoms with van der Waals surface area (Å²) < 4.78 is 5.81. The van der Waals surface area contributed by atoms with Crippen molar-refractivity contribution in [3.05, 3.63) is 11.6 Å². The molecule has 136 valence electrons. The van der Waals surface area contributed by atoms with E-state index in [4.69, 9.17) is 4.74 Å². The van der Waals surface area contributed by atoms with Crippen LogP contribution in [0.15, 0.2) is 0 Å². The van der Waals surface area contributed by atoms with Gasteiger partial charge in [0.25, 0.3) is 0 Å². The molecule has 0 aromatic carbocycles. The van der Waals surface area contributed by atoms with E-state index in [1.54, 1.807) is 4.90 Å². The van der Waals surface area contributed by atoms with E-state index in [-0.39, 0.29) is 17.4 Å². The monoisotopic (exact) mass is 345 g/mol. The molecule has 1 aromatic heterocycles. The maximum Gasteiger partial charge on any atom is 0.243 e. The van der Waals surface area contributed by atoms with Crippen LogP contribution in [0.2, 0.25) is 0 Å². The molecule has 7 heteroatoms. The quantitative estimate of drug-likeness (QED) is 0.888. The zero-order valence-electron chi connectivity index (χ0n) is 15.3. The van der Waals surface area contributed by atoms with Crippen LogP contribution in [0, 0.1) is 16.7 Å². The molecule has 2 heterocycles. The van der Waals surface area contributed by atoms with Crippen molar-refractivity contribution in [1.82, 2.24) is 20.1 Å². The first-order valence-corrected chi connectivity index (χ1v) is 9.11. The fraction of sp³-hybridized carbons (Fsp3) is 0.778. The molecule has 3 rings (SSSR count). The van der Waals surface area contributed by atoms with E-state index in [0.29, 0.717) is 38.4 Å². The van der Waals surface area contributed by atoms with E-state index in [1.807, 2.05) is 0 Å². The predicted molar refractivity (Wildman–Crippen MR) is 91.5 cm³/mol. The van der Waals surface area contributed by atoms with Crippen LogP contribution in [0.4, 0.5) is 0 Å². The lowest BCUT2D eigenvalue weighted by Gasteiger charge is -2.38. The number of carbonyl (C=O) groups is 1. The van der Waals surface area contributed by atoms with Gasteiger partial charge in [-0.05, 0) is 12.8 Å². The number of nitrogens with zero attached hydrogens (tertiary/aromatic N) is 4. The van der Waals surface area contributed by atoms with Gasteiger partial charge in [0.1, 0.15) is 11.5 Å². The molecule has 7 nitrogen and oxygen atoms in total. The first-order chi connectivity index (χ1) is 11.9. The normalized spacial score (nSPS) is 23.9. The zero-order valence-corrected chi connectivity index (χ0v) is 15.3. The number of amides is 1. The average Bonchev–Trinajstić information content (AvgIpc) is 3.12. The minimum atomic E-state index is -0.849. The van der Waals surface area contributed by atoms with Crippen LogP contribution in [-0.2, 0) is 14.9 Å². The Morgan fingerprint density at radius 1 is 1.36 bits per heavy atom. The summed E-state index contributed by atoms with van der Waals surface area (Å²) in [4.78, 5) is 19.4. The van der Waals surface area contributed by atoms with Crippen molar-refractivity contribution in [2.24, 2.45) is 5.41 Å². The van der Waals surface area contributed by atoms with Crippen LogP contribution in [0.25, 0.3) is 0 Å². The van der Waals surface area contributed by atoms with Crippen LogP contribution in [-0.4, -0.2) is 45.7 Å². The van der Waals surface area contributed by atoms with Gasteiger partial charge in [0.15, 0.2) is 11.6 Å². The number of rotatable bonds is 2. The van der Waals surface area contributed by atoms with Crippen molar-refractivity contribution in [3.8, 4) is 6.07 Å². The standard InChI is InChI=1S/C18H27N5O2/c1-17(2,3)15-20-14(21-22-15)13-11-23(9-10-25-13)16(24)18(12-19)7-5-4-6-8-18/h13H,4-11H2,1-3H3,(H,20,21,22). The summed E-state index contributed by atoms with van der Waals surface area (Å²) in [5, 5.41) is 16.9. The van der Waals surface area contributed by atoms with Crippen molar-refractivity contribution in [1.29, 1.82) is 5.26 Å². The van der Waals surface area contributed by atoms with Gasteiger partial charge >= 0.3 is 0 Å². The molecule has 1 N–H and O–H groups in total. The molecular formula is C18H27N5O2. The van der Waals surface area contributed by atoms with Gasteiger partial charge in [-0.1, -0.05) is 40.0 Å². The molecule has 1 saturated carbocycles. The lowest BCUT2D eigenvalue weighted by atomic mass is 9.74. The third-order valence-corrected chi connectivity index (χ3v) is 5.16. The first-order valence-electron chi connectivity index (χ1n) is 9.11. The van der Waals surface area contributed by atoms with E-state index in [1.165, 1.54) is 0 Å². The van der Waals surface area contributed by atoms with Crippen molar-refractivity contribution >= 4 is 5.91 Å². The Kier molecular flexibility index (Phi) is 4.83. The highest BCUT2D eigenvalue weighted by molar-refractivity contribution is 5.85. The van der Waals surface area contributed by atoms with Crippen LogP contribution in [0.1, 0.15) is 70.6 Å². The van der Waals surface area contributed by atoms with E-state index in [0.717, 1.165) is 25.1 Å². The molecule has 1 saturated heterocycles.